The molecular weight excluding hydrogens is 276 g/mol. The zero-order valence-corrected chi connectivity index (χ0v) is 11.0. The summed E-state index contributed by atoms with van der Waals surface area (Å²) in [5.41, 5.74) is -0.881. The van der Waals surface area contributed by atoms with Gasteiger partial charge in [-0.25, -0.2) is 18.4 Å². The predicted octanol–water partition coefficient (Wildman–Crippen LogP) is 0.807. The van der Waals surface area contributed by atoms with Crippen LogP contribution in [0.1, 0.15) is 24.2 Å². The Morgan fingerprint density at radius 1 is 1.42 bits per heavy atom. The molecule has 2 N–H and O–H groups in total. The molecule has 1 rings (SSSR count). The number of esters is 1. The number of hydrogen-bond donors (Lipinski definition) is 1. The first-order chi connectivity index (χ1) is 8.62. The summed E-state index contributed by atoms with van der Waals surface area (Å²) in [6.07, 6.45) is -0.500. The van der Waals surface area contributed by atoms with Gasteiger partial charge in [-0.05, 0) is 19.9 Å². The third-order valence-electron chi connectivity index (χ3n) is 2.04. The van der Waals surface area contributed by atoms with Gasteiger partial charge < -0.3 is 4.74 Å². The minimum Gasteiger partial charge on any atom is -0.459 e. The van der Waals surface area contributed by atoms with E-state index in [0.29, 0.717) is 0 Å². The van der Waals surface area contributed by atoms with Gasteiger partial charge in [0.1, 0.15) is 0 Å². The summed E-state index contributed by atoms with van der Waals surface area (Å²) in [5, 5.41) is 15.6. The van der Waals surface area contributed by atoms with E-state index in [1.807, 2.05) is 0 Å². The van der Waals surface area contributed by atoms with Gasteiger partial charge in [-0.2, -0.15) is 0 Å². The number of nitrogens with two attached hydrogens (primary N) is 1. The van der Waals surface area contributed by atoms with E-state index < -0.39 is 43.2 Å². The van der Waals surface area contributed by atoms with Gasteiger partial charge in [-0.15, -0.1) is 0 Å². The van der Waals surface area contributed by atoms with E-state index in [9.17, 15) is 23.3 Å². The van der Waals surface area contributed by atoms with Crippen LogP contribution < -0.4 is 5.14 Å². The lowest BCUT2D eigenvalue weighted by molar-refractivity contribution is -0.384. The van der Waals surface area contributed by atoms with Crippen LogP contribution in [0.25, 0.3) is 0 Å². The Morgan fingerprint density at radius 2 is 2.00 bits per heavy atom. The number of ether oxygens (including phenoxy) is 1. The molecule has 8 nitrogen and oxygen atoms in total. The van der Waals surface area contributed by atoms with Gasteiger partial charge in [0.05, 0.1) is 21.5 Å². The zero-order chi connectivity index (χ0) is 14.8. The van der Waals surface area contributed by atoms with Crippen LogP contribution in [0.3, 0.4) is 0 Å². The first-order valence-electron chi connectivity index (χ1n) is 5.15. The summed E-state index contributed by atoms with van der Waals surface area (Å²) in [5.74, 6) is -0.984. The van der Waals surface area contributed by atoms with E-state index in [-0.39, 0.29) is 0 Å². The standard InChI is InChI=1S/C10H12N2O6S/c1-6(2)18-10(13)8-5-7(12(14)15)3-4-9(8)19(11,16)17/h3-6H,1-2H3,(H2,11,16,17). The van der Waals surface area contributed by atoms with Crippen molar-refractivity contribution in [2.45, 2.75) is 24.8 Å². The molecule has 0 aliphatic heterocycles. The molecular formula is C10H12N2O6S. The van der Waals surface area contributed by atoms with Crippen molar-refractivity contribution in [3.8, 4) is 0 Å². The molecule has 0 saturated heterocycles. The molecule has 0 heterocycles. The van der Waals surface area contributed by atoms with E-state index in [1.165, 1.54) is 0 Å². The molecule has 0 aromatic heterocycles. The maximum atomic E-state index is 11.7. The highest BCUT2D eigenvalue weighted by Gasteiger charge is 2.24. The highest BCUT2D eigenvalue weighted by atomic mass is 32.2. The second-order valence-corrected chi connectivity index (χ2v) is 5.47. The van der Waals surface area contributed by atoms with Crippen molar-refractivity contribution >= 4 is 21.7 Å². The van der Waals surface area contributed by atoms with E-state index in [4.69, 9.17) is 9.88 Å². The van der Waals surface area contributed by atoms with Crippen molar-refractivity contribution in [2.24, 2.45) is 5.14 Å². The Morgan fingerprint density at radius 3 is 2.42 bits per heavy atom. The fourth-order valence-corrected chi connectivity index (χ4v) is 2.02. The minimum atomic E-state index is -4.18. The summed E-state index contributed by atoms with van der Waals surface area (Å²) in [6.45, 7) is 3.12. The van der Waals surface area contributed by atoms with Crippen molar-refractivity contribution < 1.29 is 22.9 Å². The van der Waals surface area contributed by atoms with Gasteiger partial charge in [0, 0.05) is 12.1 Å². The second-order valence-electron chi connectivity index (χ2n) is 3.94. The van der Waals surface area contributed by atoms with Crippen molar-refractivity contribution in [3.63, 3.8) is 0 Å². The molecule has 1 aromatic carbocycles. The zero-order valence-electron chi connectivity index (χ0n) is 10.2. The Kier molecular flexibility index (Phi) is 4.22. The molecule has 0 saturated carbocycles. The largest absolute Gasteiger partial charge is 0.459 e. The summed E-state index contributed by atoms with van der Waals surface area (Å²) in [7, 11) is -4.18. The molecule has 0 aliphatic rings. The van der Waals surface area contributed by atoms with Crippen LogP contribution in [-0.2, 0) is 14.8 Å². The molecule has 1 aromatic rings. The first-order valence-corrected chi connectivity index (χ1v) is 6.69. The van der Waals surface area contributed by atoms with Crippen molar-refractivity contribution in [3.05, 3.63) is 33.9 Å². The highest BCUT2D eigenvalue weighted by molar-refractivity contribution is 7.89. The van der Waals surface area contributed by atoms with E-state index in [1.54, 1.807) is 13.8 Å². The highest BCUT2D eigenvalue weighted by Crippen LogP contribution is 2.22. The molecule has 0 unspecified atom stereocenters. The number of hydrogen-bond acceptors (Lipinski definition) is 6. The van der Waals surface area contributed by atoms with Gasteiger partial charge in [-0.3, -0.25) is 10.1 Å². The fourth-order valence-electron chi connectivity index (χ4n) is 1.32. The Balaban J connectivity index is 3.43. The fraction of sp³-hybridized carbons (Fsp3) is 0.300. The van der Waals surface area contributed by atoms with Crippen LogP contribution in [0, 0.1) is 10.1 Å². The normalized spacial score (nSPS) is 11.4. The third-order valence-corrected chi connectivity index (χ3v) is 3.01. The summed E-state index contributed by atoms with van der Waals surface area (Å²) >= 11 is 0. The lowest BCUT2D eigenvalue weighted by Gasteiger charge is -2.10. The van der Waals surface area contributed by atoms with Gasteiger partial charge in [0.25, 0.3) is 5.69 Å². The number of carbonyl (C=O) groups excluding carboxylic acids is 1. The molecule has 0 bridgehead atoms. The monoisotopic (exact) mass is 288 g/mol. The number of primary sulfonamides is 1. The lowest BCUT2D eigenvalue weighted by Crippen LogP contribution is -2.19. The smallest absolute Gasteiger partial charge is 0.340 e. The number of nitro groups is 1. The van der Waals surface area contributed by atoms with Gasteiger partial charge in [0.2, 0.25) is 10.0 Å². The molecule has 0 spiro atoms. The quantitative estimate of drug-likeness (QED) is 0.495. The van der Waals surface area contributed by atoms with Gasteiger partial charge in [0.15, 0.2) is 0 Å². The number of nitrogens with zero attached hydrogens (tertiary/aromatic N) is 1. The van der Waals surface area contributed by atoms with Crippen LogP contribution in [0.15, 0.2) is 23.1 Å². The maximum Gasteiger partial charge on any atom is 0.340 e. The molecule has 19 heavy (non-hydrogen) atoms. The van der Waals surface area contributed by atoms with E-state index >= 15 is 0 Å². The van der Waals surface area contributed by atoms with Gasteiger partial charge >= 0.3 is 5.97 Å². The number of rotatable bonds is 4. The van der Waals surface area contributed by atoms with Crippen molar-refractivity contribution in [1.82, 2.24) is 0 Å². The predicted molar refractivity (Wildman–Crippen MR) is 65.0 cm³/mol. The van der Waals surface area contributed by atoms with Crippen molar-refractivity contribution in [2.75, 3.05) is 0 Å². The number of sulfonamides is 1. The minimum absolute atomic E-state index is 0.428. The van der Waals surface area contributed by atoms with Crippen molar-refractivity contribution in [1.29, 1.82) is 0 Å². The number of benzene rings is 1. The molecule has 0 atom stereocenters. The molecule has 0 radical (unpaired) electrons. The molecule has 104 valence electrons. The van der Waals surface area contributed by atoms with Crippen LogP contribution in [0.5, 0.6) is 0 Å². The van der Waals surface area contributed by atoms with E-state index in [2.05, 4.69) is 0 Å². The summed E-state index contributed by atoms with van der Waals surface area (Å²) in [4.78, 5) is 21.1. The van der Waals surface area contributed by atoms with Crippen LogP contribution in [0.4, 0.5) is 5.69 Å². The number of carbonyl (C=O) groups is 1. The maximum absolute atomic E-state index is 11.7. The molecule has 9 heteroatoms. The van der Waals surface area contributed by atoms with Crippen LogP contribution in [0.2, 0.25) is 0 Å². The lowest BCUT2D eigenvalue weighted by atomic mass is 10.2. The molecule has 0 fully saturated rings. The first kappa shape index (κ1) is 15.1. The summed E-state index contributed by atoms with van der Waals surface area (Å²) < 4.78 is 27.5. The SMILES string of the molecule is CC(C)OC(=O)c1cc([N+](=O)[O-])ccc1S(N)(=O)=O. The second kappa shape index (κ2) is 5.33. The average Bonchev–Trinajstić information content (AvgIpc) is 2.25. The Hall–Kier alpha value is -2.00. The Bertz CT molecular complexity index is 623. The van der Waals surface area contributed by atoms with Crippen LogP contribution >= 0.6 is 0 Å². The number of nitro benzene ring substituents is 1. The average molecular weight is 288 g/mol. The van der Waals surface area contributed by atoms with Gasteiger partial charge in [-0.1, -0.05) is 0 Å². The van der Waals surface area contributed by atoms with E-state index in [0.717, 1.165) is 18.2 Å². The third kappa shape index (κ3) is 3.73. The topological polar surface area (TPSA) is 130 Å². The summed E-state index contributed by atoms with van der Waals surface area (Å²) in [6, 6.07) is 2.68. The Labute approximate surface area is 109 Å². The molecule has 0 aliphatic carbocycles. The number of non-ortho nitro benzene ring substituents is 1. The molecule has 0 amide bonds. The van der Waals surface area contributed by atoms with Crippen LogP contribution in [-0.4, -0.2) is 25.4 Å².